The van der Waals surface area contributed by atoms with Crippen LogP contribution in [0.4, 0.5) is 0 Å². The van der Waals surface area contributed by atoms with E-state index >= 15 is 0 Å². The van der Waals surface area contributed by atoms with Gasteiger partial charge in [0, 0.05) is 44.7 Å². The Kier molecular flexibility index (Phi) is 5.56. The van der Waals surface area contributed by atoms with Gasteiger partial charge in [0.2, 0.25) is 0 Å². The standard InChI is InChI=1S/C29H30N2/c1-7-13-24-22(5)30(28-17-11-9-15-26(24)28)20(3)19-21(4)31-23(6)25(14-8-2)27-16-10-12-18-29(27)31/h7-19H,3H2,1-2,4-6H3. The van der Waals surface area contributed by atoms with Crippen molar-refractivity contribution < 1.29 is 0 Å². The third-order valence-corrected chi connectivity index (χ3v) is 6.00. The maximum absolute atomic E-state index is 4.46. The van der Waals surface area contributed by atoms with E-state index in [1.165, 1.54) is 44.3 Å². The van der Waals surface area contributed by atoms with Gasteiger partial charge in [-0.25, -0.2) is 0 Å². The number of allylic oxidation sites excluding steroid dienone is 5. The fourth-order valence-corrected chi connectivity index (χ4v) is 4.73. The van der Waals surface area contributed by atoms with Crippen molar-refractivity contribution in [2.24, 2.45) is 0 Å². The van der Waals surface area contributed by atoms with Crippen LogP contribution in [0.15, 0.2) is 73.3 Å². The lowest BCUT2D eigenvalue weighted by Gasteiger charge is -2.13. The third-order valence-electron chi connectivity index (χ3n) is 6.00. The smallest absolute Gasteiger partial charge is 0.0537 e. The second-order valence-electron chi connectivity index (χ2n) is 7.98. The van der Waals surface area contributed by atoms with Crippen LogP contribution in [0.3, 0.4) is 0 Å². The fraction of sp³-hybridized carbons (Fsp3) is 0.172. The molecule has 2 nitrogen and oxygen atoms in total. The molecule has 0 saturated carbocycles. The van der Waals surface area contributed by atoms with Crippen LogP contribution in [0, 0.1) is 13.8 Å². The minimum atomic E-state index is 0.965. The van der Waals surface area contributed by atoms with E-state index in [0.29, 0.717) is 0 Å². The molecule has 0 aliphatic rings. The first-order valence-electron chi connectivity index (χ1n) is 10.8. The molecular formula is C29H30N2. The summed E-state index contributed by atoms with van der Waals surface area (Å²) in [5.74, 6) is 0. The summed E-state index contributed by atoms with van der Waals surface area (Å²) in [6.45, 7) is 15.1. The molecule has 2 aromatic heterocycles. The van der Waals surface area contributed by atoms with Crippen LogP contribution < -0.4 is 0 Å². The summed E-state index contributed by atoms with van der Waals surface area (Å²) >= 11 is 0. The lowest BCUT2D eigenvalue weighted by Crippen LogP contribution is -2.01. The van der Waals surface area contributed by atoms with Crippen LogP contribution in [0.1, 0.15) is 43.3 Å². The highest BCUT2D eigenvalue weighted by atomic mass is 15.0. The Morgan fingerprint density at radius 3 is 1.71 bits per heavy atom. The van der Waals surface area contributed by atoms with E-state index in [1.807, 2.05) is 0 Å². The van der Waals surface area contributed by atoms with Crippen molar-refractivity contribution in [2.45, 2.75) is 34.6 Å². The van der Waals surface area contributed by atoms with E-state index in [0.717, 1.165) is 11.4 Å². The molecule has 0 fully saturated rings. The predicted octanol–water partition coefficient (Wildman–Crippen LogP) is 8.31. The zero-order valence-corrected chi connectivity index (χ0v) is 19.1. The van der Waals surface area contributed by atoms with Gasteiger partial charge in [-0.15, -0.1) is 0 Å². The fourth-order valence-electron chi connectivity index (χ4n) is 4.73. The summed E-state index contributed by atoms with van der Waals surface area (Å²) in [4.78, 5) is 0. The van der Waals surface area contributed by atoms with E-state index in [1.54, 1.807) is 0 Å². The molecule has 4 rings (SSSR count). The van der Waals surface area contributed by atoms with Gasteiger partial charge in [-0.2, -0.15) is 0 Å². The molecule has 0 spiro atoms. The number of fused-ring (bicyclic) bond motifs is 2. The van der Waals surface area contributed by atoms with E-state index in [-0.39, 0.29) is 0 Å². The average Bonchev–Trinajstić information content (AvgIpc) is 3.20. The normalized spacial score (nSPS) is 12.7. The summed E-state index contributed by atoms with van der Waals surface area (Å²) in [5, 5.41) is 2.53. The topological polar surface area (TPSA) is 9.86 Å². The van der Waals surface area contributed by atoms with Gasteiger partial charge in [-0.3, -0.25) is 0 Å². The number of nitrogens with zero attached hydrogens (tertiary/aromatic N) is 2. The first kappa shape index (κ1) is 20.7. The molecule has 0 amide bonds. The number of aromatic nitrogens is 2. The number of hydrogen-bond donors (Lipinski definition) is 0. The molecule has 0 aliphatic heterocycles. The molecule has 0 aliphatic carbocycles. The Bertz CT molecular complexity index is 1380. The summed E-state index contributed by atoms with van der Waals surface area (Å²) in [6, 6.07) is 17.1. The third kappa shape index (κ3) is 3.38. The largest absolute Gasteiger partial charge is 0.317 e. The zero-order valence-electron chi connectivity index (χ0n) is 19.1. The van der Waals surface area contributed by atoms with Crippen LogP contribution in [-0.4, -0.2) is 9.13 Å². The second-order valence-corrected chi connectivity index (χ2v) is 7.98. The maximum atomic E-state index is 4.46. The molecule has 2 heterocycles. The number of benzene rings is 2. The van der Waals surface area contributed by atoms with Crippen molar-refractivity contribution in [3.63, 3.8) is 0 Å². The second kappa shape index (κ2) is 8.31. The number of para-hydroxylation sites is 2. The van der Waals surface area contributed by atoms with Crippen LogP contribution in [0.25, 0.3) is 45.4 Å². The highest BCUT2D eigenvalue weighted by Crippen LogP contribution is 2.33. The molecule has 0 N–H and O–H groups in total. The van der Waals surface area contributed by atoms with E-state index in [4.69, 9.17) is 0 Å². The summed E-state index contributed by atoms with van der Waals surface area (Å²) in [5.41, 5.74) is 9.49. The van der Waals surface area contributed by atoms with Crippen LogP contribution >= 0.6 is 0 Å². The SMILES string of the molecule is C=C(C=C(C)n1c(C)c(C=CC)c2ccccc21)n1c(C)c(C=CC)c2ccccc21. The Balaban J connectivity index is 1.89. The molecule has 0 atom stereocenters. The number of hydrogen-bond acceptors (Lipinski definition) is 0. The molecule has 0 unspecified atom stereocenters. The van der Waals surface area contributed by atoms with Gasteiger partial charge in [0.15, 0.2) is 0 Å². The Morgan fingerprint density at radius 1 is 0.742 bits per heavy atom. The van der Waals surface area contributed by atoms with Crippen molar-refractivity contribution in [3.05, 3.63) is 95.9 Å². The van der Waals surface area contributed by atoms with Crippen molar-refractivity contribution in [1.29, 1.82) is 0 Å². The van der Waals surface area contributed by atoms with Gasteiger partial charge in [0.25, 0.3) is 0 Å². The molecule has 31 heavy (non-hydrogen) atoms. The van der Waals surface area contributed by atoms with Crippen molar-refractivity contribution >= 4 is 45.4 Å². The Morgan fingerprint density at radius 2 is 1.19 bits per heavy atom. The molecular weight excluding hydrogens is 376 g/mol. The van der Waals surface area contributed by atoms with Gasteiger partial charge in [-0.05, 0) is 52.8 Å². The van der Waals surface area contributed by atoms with Gasteiger partial charge in [0.05, 0.1) is 11.0 Å². The molecule has 0 saturated heterocycles. The highest BCUT2D eigenvalue weighted by Gasteiger charge is 2.15. The summed E-state index contributed by atoms with van der Waals surface area (Å²) in [7, 11) is 0. The lowest BCUT2D eigenvalue weighted by atomic mass is 10.1. The molecule has 2 heteroatoms. The van der Waals surface area contributed by atoms with Crippen molar-refractivity contribution in [2.75, 3.05) is 0 Å². The van der Waals surface area contributed by atoms with Crippen molar-refractivity contribution in [1.82, 2.24) is 9.13 Å². The monoisotopic (exact) mass is 406 g/mol. The number of rotatable bonds is 5. The quantitative estimate of drug-likeness (QED) is 0.295. The van der Waals surface area contributed by atoms with Crippen LogP contribution in [-0.2, 0) is 0 Å². The average molecular weight is 407 g/mol. The maximum Gasteiger partial charge on any atom is 0.0537 e. The zero-order chi connectivity index (χ0) is 22.1. The molecule has 0 bridgehead atoms. The van der Waals surface area contributed by atoms with Gasteiger partial charge in [0.1, 0.15) is 0 Å². The molecule has 156 valence electrons. The molecule has 4 aromatic rings. The van der Waals surface area contributed by atoms with Crippen LogP contribution in [0.5, 0.6) is 0 Å². The van der Waals surface area contributed by atoms with E-state index < -0.39 is 0 Å². The molecule has 2 aromatic carbocycles. The molecule has 0 radical (unpaired) electrons. The highest BCUT2D eigenvalue weighted by molar-refractivity contribution is 5.96. The van der Waals surface area contributed by atoms with E-state index in [9.17, 15) is 0 Å². The first-order chi connectivity index (χ1) is 15.0. The van der Waals surface area contributed by atoms with E-state index in [2.05, 4.69) is 129 Å². The van der Waals surface area contributed by atoms with Gasteiger partial charge < -0.3 is 9.13 Å². The van der Waals surface area contributed by atoms with Gasteiger partial charge >= 0.3 is 0 Å². The Hall–Kier alpha value is -3.52. The lowest BCUT2D eigenvalue weighted by molar-refractivity contribution is 1.05. The van der Waals surface area contributed by atoms with Crippen LogP contribution in [0.2, 0.25) is 0 Å². The predicted molar refractivity (Wildman–Crippen MR) is 138 cm³/mol. The summed E-state index contributed by atoms with van der Waals surface area (Å²) in [6.07, 6.45) is 10.8. The first-order valence-corrected chi connectivity index (χ1v) is 10.8. The van der Waals surface area contributed by atoms with Crippen molar-refractivity contribution in [3.8, 4) is 0 Å². The minimum Gasteiger partial charge on any atom is -0.317 e. The summed E-state index contributed by atoms with van der Waals surface area (Å²) < 4.78 is 4.60. The minimum absolute atomic E-state index is 0.965. The van der Waals surface area contributed by atoms with Gasteiger partial charge in [-0.1, -0.05) is 67.3 Å². The Labute approximate surface area is 185 Å².